The van der Waals surface area contributed by atoms with E-state index in [9.17, 15) is 0 Å². The molecule has 0 radical (unpaired) electrons. The van der Waals surface area contributed by atoms with Crippen molar-refractivity contribution in [2.45, 2.75) is 25.7 Å². The number of nitrogens with two attached hydrogens (primary N) is 1. The van der Waals surface area contributed by atoms with Crippen LogP contribution >= 0.6 is 0 Å². The van der Waals surface area contributed by atoms with Crippen LogP contribution < -0.4 is 19.9 Å². The second kappa shape index (κ2) is 10.8. The third kappa shape index (κ3) is 5.99. The van der Waals surface area contributed by atoms with Crippen molar-refractivity contribution in [2.75, 3.05) is 33.7 Å². The van der Waals surface area contributed by atoms with Crippen molar-refractivity contribution in [2.24, 2.45) is 0 Å². The fourth-order valence-electron chi connectivity index (χ4n) is 2.58. The number of aryl methyl sites for hydroxylation is 1. The van der Waals surface area contributed by atoms with Gasteiger partial charge in [0.2, 0.25) is 11.7 Å². The molecule has 2 aromatic rings. The minimum absolute atomic E-state index is 0.195. The zero-order valence-electron chi connectivity index (χ0n) is 15.5. The van der Waals surface area contributed by atoms with Crippen molar-refractivity contribution in [3.63, 3.8) is 0 Å². The van der Waals surface area contributed by atoms with Crippen LogP contribution in [0, 0.1) is 10.1 Å². The Morgan fingerprint density at radius 1 is 1.11 bits per heavy atom. The Hall–Kier alpha value is -3.08. The summed E-state index contributed by atoms with van der Waals surface area (Å²) in [4.78, 5) is 17.0. The maximum absolute atomic E-state index is 8.88. The molecule has 0 atom stereocenters. The van der Waals surface area contributed by atoms with Gasteiger partial charge in [0.05, 0.1) is 27.0 Å². The van der Waals surface area contributed by atoms with Gasteiger partial charge in [0.1, 0.15) is 5.52 Å². The fraction of sp³-hybridized carbons (Fsp3) is 0.500. The number of hydrogen-bond donors (Lipinski definition) is 3. The van der Waals surface area contributed by atoms with E-state index in [1.54, 1.807) is 21.3 Å². The minimum Gasteiger partial charge on any atom is -0.493 e. The lowest BCUT2D eigenvalue weighted by atomic mass is 10.1. The Labute approximate surface area is 155 Å². The third-order valence-electron chi connectivity index (χ3n) is 3.66. The summed E-state index contributed by atoms with van der Waals surface area (Å²) in [6, 6.07) is 1.84. The van der Waals surface area contributed by atoms with Crippen molar-refractivity contribution in [3.8, 4) is 17.2 Å². The third-order valence-corrected chi connectivity index (χ3v) is 3.66. The summed E-state index contributed by atoms with van der Waals surface area (Å²) in [6.45, 7) is 0.200. The number of methoxy groups -OCH3 is 3. The highest BCUT2D eigenvalue weighted by atomic mass is 16.9. The molecule has 0 bridgehead atoms. The van der Waals surface area contributed by atoms with E-state index in [4.69, 9.17) is 40.4 Å². The van der Waals surface area contributed by atoms with Crippen molar-refractivity contribution in [1.29, 1.82) is 0 Å². The summed E-state index contributed by atoms with van der Waals surface area (Å²) in [5.74, 6) is 1.71. The average molecular weight is 384 g/mol. The summed E-state index contributed by atoms with van der Waals surface area (Å²) in [5.41, 5.74) is 7.29. The standard InChI is InChI=1S/C16H23N3O4.HNO3/c1-21-12-9-10-11(7-5-4-6-8-20)18-16(17)19-13(10)15(23-3)14(12)22-2;2-1(3)4/h9,20H,4-8H2,1-3H3,(H2,17,18,19);(H,2,3,4). The Kier molecular flexibility index (Phi) is 8.79. The molecule has 1 aromatic heterocycles. The second-order valence-electron chi connectivity index (χ2n) is 5.34. The number of fused-ring (bicyclic) bond motifs is 1. The van der Waals surface area contributed by atoms with E-state index in [1.165, 1.54) is 0 Å². The predicted octanol–water partition coefficient (Wildman–Crippen LogP) is 1.60. The number of nitrogens with zero attached hydrogens (tertiary/aromatic N) is 3. The first-order chi connectivity index (χ1) is 12.9. The van der Waals surface area contributed by atoms with E-state index in [2.05, 4.69) is 9.97 Å². The van der Waals surface area contributed by atoms with Gasteiger partial charge >= 0.3 is 0 Å². The van der Waals surface area contributed by atoms with E-state index in [0.29, 0.717) is 22.8 Å². The predicted molar refractivity (Wildman–Crippen MR) is 97.0 cm³/mol. The number of rotatable bonds is 8. The number of nitrogen functional groups attached to an aromatic ring is 1. The van der Waals surface area contributed by atoms with Crippen LogP contribution in [0.3, 0.4) is 0 Å². The van der Waals surface area contributed by atoms with Crippen LogP contribution in [0.4, 0.5) is 5.95 Å². The smallest absolute Gasteiger partial charge is 0.291 e. The highest BCUT2D eigenvalue weighted by Gasteiger charge is 2.20. The summed E-state index contributed by atoms with van der Waals surface area (Å²) in [7, 11) is 4.67. The van der Waals surface area contributed by atoms with Gasteiger partial charge in [0.15, 0.2) is 11.5 Å². The van der Waals surface area contributed by atoms with E-state index in [-0.39, 0.29) is 12.6 Å². The van der Waals surface area contributed by atoms with E-state index >= 15 is 0 Å². The van der Waals surface area contributed by atoms with Crippen LogP contribution in [0.15, 0.2) is 6.07 Å². The van der Waals surface area contributed by atoms with Gasteiger partial charge in [-0.2, -0.15) is 0 Å². The van der Waals surface area contributed by atoms with Gasteiger partial charge in [0.25, 0.3) is 5.09 Å². The molecule has 0 unspecified atom stereocenters. The highest BCUT2D eigenvalue weighted by molar-refractivity contribution is 5.92. The van der Waals surface area contributed by atoms with Gasteiger partial charge in [-0.15, -0.1) is 10.1 Å². The van der Waals surface area contributed by atoms with Crippen molar-refractivity contribution >= 4 is 16.9 Å². The fourth-order valence-corrected chi connectivity index (χ4v) is 2.58. The van der Waals surface area contributed by atoms with E-state index in [0.717, 1.165) is 36.8 Å². The Balaban J connectivity index is 0.000000828. The Morgan fingerprint density at radius 3 is 2.26 bits per heavy atom. The molecule has 11 heteroatoms. The molecule has 150 valence electrons. The zero-order valence-corrected chi connectivity index (χ0v) is 15.5. The average Bonchev–Trinajstić information content (AvgIpc) is 2.63. The highest BCUT2D eigenvalue weighted by Crippen LogP contribution is 2.43. The molecule has 0 aliphatic carbocycles. The largest absolute Gasteiger partial charge is 0.493 e. The number of ether oxygens (including phenoxy) is 3. The van der Waals surface area contributed by atoms with Crippen LogP contribution in [0.1, 0.15) is 25.0 Å². The van der Waals surface area contributed by atoms with Crippen LogP contribution in [-0.2, 0) is 6.42 Å². The van der Waals surface area contributed by atoms with Gasteiger partial charge in [-0.25, -0.2) is 9.97 Å². The molecule has 0 amide bonds. The summed E-state index contributed by atoms with van der Waals surface area (Å²) >= 11 is 0. The molecular formula is C16H24N4O7. The van der Waals surface area contributed by atoms with Gasteiger partial charge < -0.3 is 30.3 Å². The Morgan fingerprint density at radius 2 is 1.74 bits per heavy atom. The number of aliphatic hydroxyl groups excluding tert-OH is 1. The number of aliphatic hydroxyl groups is 1. The number of hydrogen-bond acceptors (Lipinski definition) is 9. The summed E-state index contributed by atoms with van der Waals surface area (Å²) in [6.07, 6.45) is 3.34. The molecule has 1 heterocycles. The van der Waals surface area contributed by atoms with Gasteiger partial charge in [-0.3, -0.25) is 0 Å². The molecule has 0 aliphatic rings. The number of anilines is 1. The van der Waals surface area contributed by atoms with Gasteiger partial charge in [-0.1, -0.05) is 6.42 Å². The lowest BCUT2D eigenvalue weighted by Gasteiger charge is -2.16. The van der Waals surface area contributed by atoms with Gasteiger partial charge in [-0.05, 0) is 25.3 Å². The van der Waals surface area contributed by atoms with Crippen LogP contribution in [-0.4, -0.2) is 53.3 Å². The lowest BCUT2D eigenvalue weighted by Crippen LogP contribution is -2.04. The lowest BCUT2D eigenvalue weighted by molar-refractivity contribution is -0.742. The quantitative estimate of drug-likeness (QED) is 0.346. The Bertz CT molecular complexity index is 766. The van der Waals surface area contributed by atoms with Crippen LogP contribution in [0.25, 0.3) is 10.9 Å². The summed E-state index contributed by atoms with van der Waals surface area (Å²) < 4.78 is 16.2. The number of aromatic nitrogens is 2. The first-order valence-corrected chi connectivity index (χ1v) is 8.08. The molecule has 0 saturated carbocycles. The monoisotopic (exact) mass is 384 g/mol. The first-order valence-electron chi connectivity index (χ1n) is 8.08. The maximum atomic E-state index is 8.88. The molecule has 11 nitrogen and oxygen atoms in total. The molecule has 27 heavy (non-hydrogen) atoms. The van der Waals surface area contributed by atoms with Crippen LogP contribution in [0.5, 0.6) is 17.2 Å². The second-order valence-corrected chi connectivity index (χ2v) is 5.34. The van der Waals surface area contributed by atoms with Crippen molar-refractivity contribution in [3.05, 3.63) is 21.9 Å². The molecule has 4 N–H and O–H groups in total. The maximum Gasteiger partial charge on any atom is 0.291 e. The number of unbranched alkanes of at least 4 members (excludes halogenated alkanes) is 2. The topological polar surface area (TPSA) is 163 Å². The normalized spacial score (nSPS) is 10.1. The summed E-state index contributed by atoms with van der Waals surface area (Å²) in [5, 5.41) is 23.4. The SMILES string of the molecule is COc1cc2c(CCCCCO)nc(N)nc2c(OC)c1OC.O=[N+]([O-])O. The molecule has 0 spiro atoms. The molecular weight excluding hydrogens is 360 g/mol. The van der Waals surface area contributed by atoms with Gasteiger partial charge in [0, 0.05) is 12.0 Å². The molecule has 2 rings (SSSR count). The molecule has 0 fully saturated rings. The first kappa shape index (κ1) is 22.0. The minimum atomic E-state index is -1.50. The molecule has 0 aliphatic heterocycles. The van der Waals surface area contributed by atoms with Crippen molar-refractivity contribution < 1.29 is 29.6 Å². The van der Waals surface area contributed by atoms with Crippen LogP contribution in [0.2, 0.25) is 0 Å². The van der Waals surface area contributed by atoms with E-state index < -0.39 is 5.09 Å². The molecule has 0 saturated heterocycles. The molecule has 1 aromatic carbocycles. The number of benzene rings is 1. The van der Waals surface area contributed by atoms with Crippen molar-refractivity contribution in [1.82, 2.24) is 9.97 Å². The van der Waals surface area contributed by atoms with E-state index in [1.807, 2.05) is 6.07 Å². The zero-order chi connectivity index (χ0) is 20.4.